The van der Waals surface area contributed by atoms with Crippen LogP contribution in [0, 0.1) is 0 Å². The number of likely N-dealkylation sites (tertiary alicyclic amines) is 1. The molecule has 172 valence electrons. The van der Waals surface area contributed by atoms with E-state index in [4.69, 9.17) is 17.3 Å². The molecule has 0 spiro atoms. The van der Waals surface area contributed by atoms with Gasteiger partial charge in [-0.15, -0.1) is 0 Å². The molecule has 1 aromatic heterocycles. The van der Waals surface area contributed by atoms with Gasteiger partial charge in [-0.3, -0.25) is 4.79 Å². The van der Waals surface area contributed by atoms with Crippen molar-refractivity contribution < 1.29 is 18.0 Å². The molecule has 1 fully saturated rings. The zero-order valence-electron chi connectivity index (χ0n) is 17.9. The standard InChI is InChI=1S/C22H25ClF3N5O/c1-3-16-19(23)30-21(18(29-16)20(27)32)28-13-8-9-14(15(12-13)22(24,25)26)17(4-2)31-10-6-5-7-11-31/h4,8-9,12H,3,5-7,10-11H2,1-2H3,(H2,27,32)(H,28,30). The van der Waals surface area contributed by atoms with E-state index in [0.29, 0.717) is 17.8 Å². The number of aryl methyl sites for hydroxylation is 1. The first-order valence-corrected chi connectivity index (χ1v) is 10.8. The van der Waals surface area contributed by atoms with Gasteiger partial charge in [-0.1, -0.05) is 30.7 Å². The third-order valence-electron chi connectivity index (χ3n) is 5.32. The number of primary amides is 1. The van der Waals surface area contributed by atoms with Crippen molar-refractivity contribution in [3.05, 3.63) is 51.9 Å². The van der Waals surface area contributed by atoms with Crippen LogP contribution in [0.1, 0.15) is 60.4 Å². The van der Waals surface area contributed by atoms with Crippen LogP contribution in [-0.2, 0) is 12.6 Å². The fourth-order valence-corrected chi connectivity index (χ4v) is 4.05. The Balaban J connectivity index is 2.03. The third-order valence-corrected chi connectivity index (χ3v) is 5.62. The van der Waals surface area contributed by atoms with Crippen molar-refractivity contribution in [2.24, 2.45) is 5.73 Å². The van der Waals surface area contributed by atoms with Gasteiger partial charge in [0.25, 0.3) is 5.91 Å². The van der Waals surface area contributed by atoms with Crippen molar-refractivity contribution in [2.75, 3.05) is 18.4 Å². The average Bonchev–Trinajstić information content (AvgIpc) is 2.75. The molecule has 0 bridgehead atoms. The minimum absolute atomic E-state index is 0.0500. The zero-order chi connectivity index (χ0) is 23.5. The van der Waals surface area contributed by atoms with Gasteiger partial charge >= 0.3 is 6.18 Å². The van der Waals surface area contributed by atoms with E-state index in [1.165, 1.54) is 12.1 Å². The Morgan fingerprint density at radius 2 is 1.94 bits per heavy atom. The van der Waals surface area contributed by atoms with Crippen LogP contribution < -0.4 is 11.1 Å². The minimum atomic E-state index is -4.58. The first kappa shape index (κ1) is 23.8. The molecule has 6 nitrogen and oxygen atoms in total. The lowest BCUT2D eigenvalue weighted by Gasteiger charge is -2.32. The highest BCUT2D eigenvalue weighted by molar-refractivity contribution is 6.30. The molecule has 2 aromatic rings. The fraction of sp³-hybridized carbons (Fsp3) is 0.409. The summed E-state index contributed by atoms with van der Waals surface area (Å²) in [6.07, 6.45) is 0.512. The average molecular weight is 468 g/mol. The molecule has 2 heterocycles. The number of hydrogen-bond donors (Lipinski definition) is 2. The summed E-state index contributed by atoms with van der Waals surface area (Å²) in [5.41, 5.74) is 5.53. The molecular formula is C22H25ClF3N5O. The summed E-state index contributed by atoms with van der Waals surface area (Å²) < 4.78 is 42.0. The summed E-state index contributed by atoms with van der Waals surface area (Å²) in [6.45, 7) is 4.96. The number of nitrogens with two attached hydrogens (primary N) is 1. The molecule has 32 heavy (non-hydrogen) atoms. The number of amides is 1. The molecule has 0 aliphatic carbocycles. The largest absolute Gasteiger partial charge is 0.417 e. The van der Waals surface area contributed by atoms with Crippen molar-refractivity contribution >= 4 is 34.7 Å². The number of allylic oxidation sites excluding steroid dienone is 1. The predicted octanol–water partition coefficient (Wildman–Crippen LogP) is 5.40. The Bertz CT molecular complexity index is 1030. The van der Waals surface area contributed by atoms with Gasteiger partial charge in [-0.05, 0) is 44.7 Å². The number of halogens is 4. The minimum Gasteiger partial charge on any atom is -0.371 e. The van der Waals surface area contributed by atoms with Crippen molar-refractivity contribution in [1.82, 2.24) is 14.9 Å². The molecule has 0 saturated carbocycles. The Morgan fingerprint density at radius 3 is 2.50 bits per heavy atom. The summed E-state index contributed by atoms with van der Waals surface area (Å²) in [7, 11) is 0. The highest BCUT2D eigenvalue weighted by Crippen LogP contribution is 2.39. The monoisotopic (exact) mass is 467 g/mol. The molecule has 1 amide bonds. The van der Waals surface area contributed by atoms with E-state index in [2.05, 4.69) is 15.3 Å². The second-order valence-electron chi connectivity index (χ2n) is 7.48. The van der Waals surface area contributed by atoms with E-state index in [9.17, 15) is 18.0 Å². The molecule has 1 saturated heterocycles. The van der Waals surface area contributed by atoms with Crippen LogP contribution in [-0.4, -0.2) is 33.9 Å². The molecular weight excluding hydrogens is 443 g/mol. The summed E-state index contributed by atoms with van der Waals surface area (Å²) in [5.74, 6) is -0.955. The van der Waals surface area contributed by atoms with Crippen LogP contribution in [0.15, 0.2) is 24.3 Å². The van der Waals surface area contributed by atoms with Gasteiger partial charge < -0.3 is 16.0 Å². The molecule has 3 rings (SSSR count). The summed E-state index contributed by atoms with van der Waals surface area (Å²) in [4.78, 5) is 22.0. The van der Waals surface area contributed by atoms with Crippen molar-refractivity contribution in [1.29, 1.82) is 0 Å². The Labute approximate surface area is 189 Å². The smallest absolute Gasteiger partial charge is 0.371 e. The highest BCUT2D eigenvalue weighted by atomic mass is 35.5. The number of anilines is 2. The number of alkyl halides is 3. The Morgan fingerprint density at radius 1 is 1.25 bits per heavy atom. The maximum absolute atomic E-state index is 14.0. The van der Waals surface area contributed by atoms with Crippen LogP contribution in [0.4, 0.5) is 24.7 Å². The van der Waals surface area contributed by atoms with Crippen LogP contribution >= 0.6 is 11.6 Å². The number of aromatic nitrogens is 2. The van der Waals surface area contributed by atoms with E-state index in [-0.39, 0.29) is 27.9 Å². The van der Waals surface area contributed by atoms with E-state index in [1.54, 1.807) is 19.9 Å². The Hall–Kier alpha value is -2.81. The van der Waals surface area contributed by atoms with Crippen molar-refractivity contribution in [3.8, 4) is 0 Å². The fourth-order valence-electron chi connectivity index (χ4n) is 3.79. The highest BCUT2D eigenvalue weighted by Gasteiger charge is 2.35. The van der Waals surface area contributed by atoms with Crippen LogP contribution in [0.3, 0.4) is 0 Å². The second-order valence-corrected chi connectivity index (χ2v) is 7.84. The maximum Gasteiger partial charge on any atom is 0.417 e. The van der Waals surface area contributed by atoms with E-state index in [0.717, 1.165) is 38.4 Å². The molecule has 1 aliphatic heterocycles. The summed E-state index contributed by atoms with van der Waals surface area (Å²) in [6, 6.07) is 3.93. The molecule has 0 radical (unpaired) electrons. The maximum atomic E-state index is 14.0. The SMILES string of the molecule is CC=C(c1ccc(Nc2nc(Cl)c(CC)nc2C(N)=O)cc1C(F)(F)F)N1CCCCC1. The molecule has 0 atom stereocenters. The van der Waals surface area contributed by atoms with Crippen LogP contribution in [0.25, 0.3) is 5.70 Å². The van der Waals surface area contributed by atoms with Gasteiger partial charge in [0.05, 0.1) is 11.3 Å². The summed E-state index contributed by atoms with van der Waals surface area (Å²) >= 11 is 6.09. The number of rotatable bonds is 6. The van der Waals surface area contributed by atoms with Gasteiger partial charge in [-0.2, -0.15) is 13.2 Å². The molecule has 1 aromatic carbocycles. The lowest BCUT2D eigenvalue weighted by Crippen LogP contribution is -2.29. The number of nitrogens with one attached hydrogen (secondary N) is 1. The number of hydrogen-bond acceptors (Lipinski definition) is 5. The second kappa shape index (κ2) is 9.77. The predicted molar refractivity (Wildman–Crippen MR) is 119 cm³/mol. The van der Waals surface area contributed by atoms with Gasteiger partial charge in [0.1, 0.15) is 0 Å². The van der Waals surface area contributed by atoms with Crippen LogP contribution in [0.2, 0.25) is 5.15 Å². The third kappa shape index (κ3) is 5.15. The lowest BCUT2D eigenvalue weighted by atomic mass is 9.99. The van der Waals surface area contributed by atoms with Gasteiger partial charge in [0.2, 0.25) is 0 Å². The number of nitrogens with zero attached hydrogens (tertiary/aromatic N) is 3. The number of carbonyl (C=O) groups excluding carboxylic acids is 1. The number of carbonyl (C=O) groups is 1. The first-order chi connectivity index (χ1) is 15.2. The lowest BCUT2D eigenvalue weighted by molar-refractivity contribution is -0.137. The Kier molecular flexibility index (Phi) is 7.28. The van der Waals surface area contributed by atoms with Crippen LogP contribution in [0.5, 0.6) is 0 Å². The van der Waals surface area contributed by atoms with Gasteiger partial charge in [0, 0.05) is 30.0 Å². The zero-order valence-corrected chi connectivity index (χ0v) is 18.6. The molecule has 3 N–H and O–H groups in total. The van der Waals surface area contributed by atoms with E-state index >= 15 is 0 Å². The van der Waals surface area contributed by atoms with E-state index in [1.807, 2.05) is 4.90 Å². The number of piperidine rings is 1. The van der Waals surface area contributed by atoms with Crippen molar-refractivity contribution in [3.63, 3.8) is 0 Å². The normalized spacial score (nSPS) is 15.1. The molecule has 0 unspecified atom stereocenters. The van der Waals surface area contributed by atoms with Gasteiger partial charge in [-0.25, -0.2) is 9.97 Å². The molecule has 10 heteroatoms. The first-order valence-electron chi connectivity index (χ1n) is 10.4. The summed E-state index contributed by atoms with van der Waals surface area (Å²) in [5, 5.41) is 2.78. The van der Waals surface area contributed by atoms with Crippen molar-refractivity contribution in [2.45, 2.75) is 45.7 Å². The topological polar surface area (TPSA) is 84.1 Å². The quantitative estimate of drug-likeness (QED) is 0.594. The molecule has 1 aliphatic rings. The van der Waals surface area contributed by atoms with E-state index < -0.39 is 17.6 Å². The number of benzene rings is 1. The van der Waals surface area contributed by atoms with Gasteiger partial charge in [0.15, 0.2) is 16.7 Å².